The molecule has 0 aliphatic carbocycles. The molecule has 2 aliphatic heterocycles. The fourth-order valence-corrected chi connectivity index (χ4v) is 3.60. The number of carbonyl (C=O) groups is 2. The van der Waals surface area contributed by atoms with Crippen LogP contribution in [0.2, 0.25) is 0 Å². The van der Waals surface area contributed by atoms with E-state index in [1.165, 1.54) is 5.69 Å². The summed E-state index contributed by atoms with van der Waals surface area (Å²) in [5.74, 6) is -0.737. The van der Waals surface area contributed by atoms with Crippen molar-refractivity contribution in [2.24, 2.45) is 0 Å². The minimum atomic E-state index is -0.368. The van der Waals surface area contributed by atoms with Gasteiger partial charge in [0.1, 0.15) is 0 Å². The van der Waals surface area contributed by atoms with Crippen molar-refractivity contribution < 1.29 is 14.4 Å². The minimum Gasteiger partial charge on any atom is -0.369 e. The van der Waals surface area contributed by atoms with E-state index in [0.29, 0.717) is 17.7 Å². The highest BCUT2D eigenvalue weighted by Gasteiger charge is 2.36. The van der Waals surface area contributed by atoms with Crippen molar-refractivity contribution in [2.45, 2.75) is 6.42 Å². The molecule has 0 aromatic heterocycles. The fraction of sp³-hybridized carbons (Fsp3) is 0.333. The molecule has 0 atom stereocenters. The van der Waals surface area contributed by atoms with E-state index in [1.54, 1.807) is 24.3 Å². The van der Waals surface area contributed by atoms with Crippen LogP contribution >= 0.6 is 0 Å². The Hall–Kier alpha value is -2.70. The Labute approximate surface area is 158 Å². The van der Waals surface area contributed by atoms with Crippen molar-refractivity contribution in [2.75, 3.05) is 44.2 Å². The van der Waals surface area contributed by atoms with E-state index >= 15 is 0 Å². The molecule has 1 fully saturated rings. The zero-order valence-corrected chi connectivity index (χ0v) is 15.2. The molecule has 27 heavy (non-hydrogen) atoms. The lowest BCUT2D eigenvalue weighted by molar-refractivity contribution is -0.0930. The Morgan fingerprint density at radius 1 is 0.778 bits per heavy atom. The zero-order valence-electron chi connectivity index (χ0n) is 15.2. The molecule has 140 valence electrons. The Morgan fingerprint density at radius 3 is 2.00 bits per heavy atom. The van der Waals surface area contributed by atoms with Gasteiger partial charge in [0, 0.05) is 38.4 Å². The van der Waals surface area contributed by atoms with Gasteiger partial charge < -0.3 is 4.90 Å². The van der Waals surface area contributed by atoms with Crippen LogP contribution in [0.4, 0.5) is 5.69 Å². The van der Waals surface area contributed by atoms with Crippen LogP contribution in [0.3, 0.4) is 0 Å². The van der Waals surface area contributed by atoms with Gasteiger partial charge in [-0.05, 0) is 30.7 Å². The summed E-state index contributed by atoms with van der Waals surface area (Å²) in [6.07, 6.45) is 0.777. The molecule has 6 heteroatoms. The number of hydrogen-bond donors (Lipinski definition) is 0. The Kier molecular flexibility index (Phi) is 5.18. The highest BCUT2D eigenvalue weighted by atomic mass is 16.7. The standard InChI is InChI=1S/C21H23N3O3/c25-20-18-9-4-5-10-19(18)21(26)24(20)27-16-6-11-22-12-14-23(15-13-22)17-7-2-1-3-8-17/h1-5,7-10H,6,11-16H2. The lowest BCUT2D eigenvalue weighted by Gasteiger charge is -2.36. The number of rotatable bonds is 6. The SMILES string of the molecule is O=C1c2ccccc2C(=O)N1OCCCN1CCN(c2ccccc2)CC1. The third-order valence-corrected chi connectivity index (χ3v) is 5.09. The number of fused-ring (bicyclic) bond motifs is 1. The first-order valence-electron chi connectivity index (χ1n) is 9.37. The van der Waals surface area contributed by atoms with Gasteiger partial charge in [0.05, 0.1) is 17.7 Å². The van der Waals surface area contributed by atoms with E-state index < -0.39 is 0 Å². The van der Waals surface area contributed by atoms with E-state index in [0.717, 1.165) is 44.2 Å². The lowest BCUT2D eigenvalue weighted by Crippen LogP contribution is -2.46. The molecule has 1 saturated heterocycles. The molecule has 0 spiro atoms. The number of piperazine rings is 1. The maximum Gasteiger partial charge on any atom is 0.285 e. The largest absolute Gasteiger partial charge is 0.369 e. The van der Waals surface area contributed by atoms with Crippen molar-refractivity contribution >= 4 is 17.5 Å². The lowest BCUT2D eigenvalue weighted by atomic mass is 10.1. The van der Waals surface area contributed by atoms with Gasteiger partial charge in [0.2, 0.25) is 0 Å². The van der Waals surface area contributed by atoms with Crippen LogP contribution in [-0.4, -0.2) is 61.1 Å². The molecular formula is C21H23N3O3. The maximum absolute atomic E-state index is 12.2. The summed E-state index contributed by atoms with van der Waals surface area (Å²) < 4.78 is 0. The van der Waals surface area contributed by atoms with Gasteiger partial charge in [-0.2, -0.15) is 0 Å². The van der Waals surface area contributed by atoms with Crippen LogP contribution in [0.1, 0.15) is 27.1 Å². The van der Waals surface area contributed by atoms with E-state index in [1.807, 2.05) is 6.07 Å². The Morgan fingerprint density at radius 2 is 1.37 bits per heavy atom. The minimum absolute atomic E-state index is 0.352. The normalized spacial score (nSPS) is 17.5. The molecule has 2 amide bonds. The number of hydrogen-bond acceptors (Lipinski definition) is 5. The van der Waals surface area contributed by atoms with Crippen LogP contribution < -0.4 is 4.90 Å². The highest BCUT2D eigenvalue weighted by molar-refractivity contribution is 6.20. The quantitative estimate of drug-likeness (QED) is 0.581. The van der Waals surface area contributed by atoms with Gasteiger partial charge in [-0.3, -0.25) is 19.3 Å². The van der Waals surface area contributed by atoms with Gasteiger partial charge in [0.15, 0.2) is 0 Å². The number of anilines is 1. The third kappa shape index (κ3) is 3.72. The second kappa shape index (κ2) is 7.90. The van der Waals surface area contributed by atoms with E-state index in [9.17, 15) is 9.59 Å². The number of para-hydroxylation sites is 1. The molecule has 0 saturated carbocycles. The molecule has 0 bridgehead atoms. The van der Waals surface area contributed by atoms with Crippen LogP contribution in [0.25, 0.3) is 0 Å². The molecule has 2 heterocycles. The van der Waals surface area contributed by atoms with Gasteiger partial charge in [0.25, 0.3) is 11.8 Å². The van der Waals surface area contributed by atoms with Crippen molar-refractivity contribution in [3.63, 3.8) is 0 Å². The molecule has 0 radical (unpaired) electrons. The molecule has 2 aromatic carbocycles. The van der Waals surface area contributed by atoms with Crippen molar-refractivity contribution in [3.05, 3.63) is 65.7 Å². The number of imide groups is 1. The first-order valence-corrected chi connectivity index (χ1v) is 9.37. The van der Waals surface area contributed by atoms with Crippen LogP contribution in [0.15, 0.2) is 54.6 Å². The monoisotopic (exact) mass is 365 g/mol. The van der Waals surface area contributed by atoms with E-state index in [4.69, 9.17) is 4.84 Å². The topological polar surface area (TPSA) is 53.1 Å². The number of carbonyl (C=O) groups excluding carboxylic acids is 2. The number of amides is 2. The zero-order chi connectivity index (χ0) is 18.6. The Bertz CT molecular complexity index is 781. The summed E-state index contributed by atoms with van der Waals surface area (Å²) in [6, 6.07) is 17.3. The van der Waals surface area contributed by atoms with Gasteiger partial charge in [-0.15, -0.1) is 5.06 Å². The molecular weight excluding hydrogens is 342 g/mol. The van der Waals surface area contributed by atoms with Crippen LogP contribution in [-0.2, 0) is 4.84 Å². The van der Waals surface area contributed by atoms with E-state index in [-0.39, 0.29) is 11.8 Å². The first kappa shape index (κ1) is 17.7. The predicted molar refractivity (Wildman–Crippen MR) is 103 cm³/mol. The molecule has 2 aliphatic rings. The predicted octanol–water partition coefficient (Wildman–Crippen LogP) is 2.43. The Balaban J connectivity index is 1.20. The van der Waals surface area contributed by atoms with E-state index in [2.05, 4.69) is 34.1 Å². The molecule has 0 unspecified atom stereocenters. The van der Waals surface area contributed by atoms with Gasteiger partial charge in [-0.1, -0.05) is 30.3 Å². The molecule has 6 nitrogen and oxygen atoms in total. The summed E-state index contributed by atoms with van der Waals surface area (Å²) in [4.78, 5) is 34.8. The number of hydroxylamine groups is 2. The van der Waals surface area contributed by atoms with Crippen LogP contribution in [0, 0.1) is 0 Å². The number of nitrogens with zero attached hydrogens (tertiary/aromatic N) is 3. The number of benzene rings is 2. The van der Waals surface area contributed by atoms with Gasteiger partial charge >= 0.3 is 0 Å². The molecule has 4 rings (SSSR count). The van der Waals surface area contributed by atoms with Crippen LogP contribution in [0.5, 0.6) is 0 Å². The average Bonchev–Trinajstić information content (AvgIpc) is 2.97. The first-order chi connectivity index (χ1) is 13.2. The molecule has 0 N–H and O–H groups in total. The summed E-state index contributed by atoms with van der Waals surface area (Å²) in [5.41, 5.74) is 2.10. The molecule has 2 aromatic rings. The summed E-state index contributed by atoms with van der Waals surface area (Å²) in [7, 11) is 0. The highest BCUT2D eigenvalue weighted by Crippen LogP contribution is 2.22. The average molecular weight is 365 g/mol. The van der Waals surface area contributed by atoms with Crippen molar-refractivity contribution in [3.8, 4) is 0 Å². The second-order valence-electron chi connectivity index (χ2n) is 6.80. The van der Waals surface area contributed by atoms with Crippen molar-refractivity contribution in [1.82, 2.24) is 9.96 Å². The third-order valence-electron chi connectivity index (χ3n) is 5.09. The maximum atomic E-state index is 12.2. The summed E-state index contributed by atoms with van der Waals surface area (Å²) >= 11 is 0. The summed E-state index contributed by atoms with van der Waals surface area (Å²) in [6.45, 7) is 5.26. The second-order valence-corrected chi connectivity index (χ2v) is 6.80. The smallest absolute Gasteiger partial charge is 0.285 e. The van der Waals surface area contributed by atoms with Gasteiger partial charge in [-0.25, -0.2) is 0 Å². The summed E-state index contributed by atoms with van der Waals surface area (Å²) in [5, 5.41) is 0.901. The van der Waals surface area contributed by atoms with Crippen molar-refractivity contribution in [1.29, 1.82) is 0 Å². The fourth-order valence-electron chi connectivity index (χ4n) is 3.60.